The van der Waals surface area contributed by atoms with Gasteiger partial charge in [0.25, 0.3) is 0 Å². The molecule has 1 N–H and O–H groups in total. The molecule has 4 heteroatoms. The summed E-state index contributed by atoms with van der Waals surface area (Å²) < 4.78 is 5.24. The minimum Gasteiger partial charge on any atom is -0.497 e. The highest BCUT2D eigenvalue weighted by Gasteiger charge is 2.05. The van der Waals surface area contributed by atoms with E-state index in [0.29, 0.717) is 4.83 Å². The maximum atomic E-state index is 5.24. The Balaban J connectivity index is 2.14. The average molecular weight is 323 g/mol. The molecule has 0 fully saturated rings. The normalized spacial score (nSPS) is 12.4. The zero-order chi connectivity index (χ0) is 13.7. The van der Waals surface area contributed by atoms with E-state index in [-0.39, 0.29) is 0 Å². The molecule has 1 aromatic carbocycles. The summed E-state index contributed by atoms with van der Waals surface area (Å²) in [7, 11) is 1.68. The summed E-state index contributed by atoms with van der Waals surface area (Å²) in [6, 6.07) is 8.05. The van der Waals surface area contributed by atoms with Crippen LogP contribution in [0.25, 0.3) is 10.8 Å². The first-order chi connectivity index (χ1) is 9.24. The van der Waals surface area contributed by atoms with Gasteiger partial charge in [0, 0.05) is 23.0 Å². The summed E-state index contributed by atoms with van der Waals surface area (Å²) in [5.74, 6) is 1.81. The predicted octanol–water partition coefficient (Wildman–Crippen LogP) is 4.22. The Hall–Kier alpha value is -1.29. The van der Waals surface area contributed by atoms with Gasteiger partial charge in [0.15, 0.2) is 0 Å². The molecule has 1 heterocycles. The van der Waals surface area contributed by atoms with Gasteiger partial charge < -0.3 is 10.1 Å². The summed E-state index contributed by atoms with van der Waals surface area (Å²) in [5.41, 5.74) is 0. The lowest BCUT2D eigenvalue weighted by Gasteiger charge is -2.11. The molecule has 19 heavy (non-hydrogen) atoms. The van der Waals surface area contributed by atoms with Crippen molar-refractivity contribution in [3.05, 3.63) is 30.5 Å². The second-order valence-electron chi connectivity index (χ2n) is 4.47. The van der Waals surface area contributed by atoms with Crippen LogP contribution in [0.4, 0.5) is 5.82 Å². The van der Waals surface area contributed by atoms with Crippen LogP contribution in [0, 0.1) is 0 Å². The molecule has 0 saturated carbocycles. The lowest BCUT2D eigenvalue weighted by atomic mass is 10.1. The third-order valence-corrected chi connectivity index (χ3v) is 4.27. The maximum absolute atomic E-state index is 5.24. The molecular formula is C15H19BrN2O. The fourth-order valence-corrected chi connectivity index (χ4v) is 2.20. The van der Waals surface area contributed by atoms with Crippen molar-refractivity contribution in [1.82, 2.24) is 4.98 Å². The van der Waals surface area contributed by atoms with Gasteiger partial charge >= 0.3 is 0 Å². The molecule has 3 nitrogen and oxygen atoms in total. The summed E-state index contributed by atoms with van der Waals surface area (Å²) >= 11 is 3.64. The maximum Gasteiger partial charge on any atom is 0.133 e. The van der Waals surface area contributed by atoms with E-state index in [0.717, 1.165) is 41.7 Å². The van der Waals surface area contributed by atoms with Crippen LogP contribution in [0.2, 0.25) is 0 Å². The van der Waals surface area contributed by atoms with Crippen LogP contribution in [0.3, 0.4) is 0 Å². The Bertz CT molecular complexity index is 545. The van der Waals surface area contributed by atoms with Gasteiger partial charge in [0.2, 0.25) is 0 Å². The van der Waals surface area contributed by atoms with Gasteiger partial charge in [-0.05, 0) is 42.5 Å². The standard InChI is InChI=1S/C15H19BrN2O/c1-3-12(16)7-9-18-15-14-5-4-13(19-2)10-11(14)6-8-17-15/h4-6,8,10,12H,3,7,9H2,1-2H3,(H,17,18). The third kappa shape index (κ3) is 3.60. The SMILES string of the molecule is CCC(Br)CCNc1nccc2cc(OC)ccc12. The van der Waals surface area contributed by atoms with E-state index in [2.05, 4.69) is 39.2 Å². The molecule has 1 aromatic heterocycles. The van der Waals surface area contributed by atoms with Crippen LogP contribution in [0.5, 0.6) is 5.75 Å². The smallest absolute Gasteiger partial charge is 0.133 e. The van der Waals surface area contributed by atoms with Crippen molar-refractivity contribution >= 4 is 32.5 Å². The number of ether oxygens (including phenoxy) is 1. The van der Waals surface area contributed by atoms with E-state index >= 15 is 0 Å². The van der Waals surface area contributed by atoms with Crippen molar-refractivity contribution in [2.75, 3.05) is 19.0 Å². The molecule has 0 radical (unpaired) electrons. The Morgan fingerprint density at radius 3 is 2.95 bits per heavy atom. The van der Waals surface area contributed by atoms with Crippen LogP contribution in [-0.2, 0) is 0 Å². The van der Waals surface area contributed by atoms with Crippen molar-refractivity contribution in [3.8, 4) is 5.75 Å². The van der Waals surface area contributed by atoms with Crippen molar-refractivity contribution in [3.63, 3.8) is 0 Å². The fourth-order valence-electron chi connectivity index (χ4n) is 1.98. The van der Waals surface area contributed by atoms with Gasteiger partial charge in [-0.15, -0.1) is 0 Å². The van der Waals surface area contributed by atoms with Gasteiger partial charge in [-0.2, -0.15) is 0 Å². The van der Waals surface area contributed by atoms with Crippen LogP contribution in [0.1, 0.15) is 19.8 Å². The molecule has 2 rings (SSSR count). The first-order valence-corrected chi connectivity index (χ1v) is 7.47. The zero-order valence-corrected chi connectivity index (χ0v) is 12.9. The molecule has 0 amide bonds. The van der Waals surface area contributed by atoms with Gasteiger partial charge in [-0.3, -0.25) is 0 Å². The van der Waals surface area contributed by atoms with Crippen LogP contribution in [0.15, 0.2) is 30.5 Å². The summed E-state index contributed by atoms with van der Waals surface area (Å²) in [5, 5.41) is 5.68. The third-order valence-electron chi connectivity index (χ3n) is 3.16. The van der Waals surface area contributed by atoms with Gasteiger partial charge in [0.1, 0.15) is 11.6 Å². The zero-order valence-electron chi connectivity index (χ0n) is 11.3. The van der Waals surface area contributed by atoms with Gasteiger partial charge in [-0.25, -0.2) is 4.98 Å². The molecule has 0 aliphatic rings. The van der Waals surface area contributed by atoms with Crippen LogP contribution < -0.4 is 10.1 Å². The van der Waals surface area contributed by atoms with Gasteiger partial charge in [-0.1, -0.05) is 22.9 Å². The van der Waals surface area contributed by atoms with Crippen molar-refractivity contribution in [2.45, 2.75) is 24.6 Å². The fraction of sp³-hybridized carbons (Fsp3) is 0.400. The molecule has 1 unspecified atom stereocenters. The molecule has 2 aromatic rings. The molecular weight excluding hydrogens is 304 g/mol. The number of alkyl halides is 1. The number of nitrogens with zero attached hydrogens (tertiary/aromatic N) is 1. The largest absolute Gasteiger partial charge is 0.497 e. The minimum absolute atomic E-state index is 0.565. The van der Waals surface area contributed by atoms with Crippen LogP contribution in [-0.4, -0.2) is 23.5 Å². The number of hydrogen-bond acceptors (Lipinski definition) is 3. The number of pyridine rings is 1. The highest BCUT2D eigenvalue weighted by Crippen LogP contribution is 2.25. The Labute approximate surface area is 122 Å². The lowest BCUT2D eigenvalue weighted by Crippen LogP contribution is -2.08. The Morgan fingerprint density at radius 2 is 2.21 bits per heavy atom. The second-order valence-corrected chi connectivity index (χ2v) is 5.76. The summed E-state index contributed by atoms with van der Waals surface area (Å²) in [6.07, 6.45) is 4.06. The Morgan fingerprint density at radius 1 is 1.37 bits per heavy atom. The summed E-state index contributed by atoms with van der Waals surface area (Å²) in [6.45, 7) is 3.10. The van der Waals surface area contributed by atoms with Crippen LogP contribution >= 0.6 is 15.9 Å². The van der Waals surface area contributed by atoms with E-state index in [9.17, 15) is 0 Å². The first kappa shape index (κ1) is 14.1. The first-order valence-electron chi connectivity index (χ1n) is 6.55. The number of anilines is 1. The molecule has 0 aliphatic heterocycles. The number of aromatic nitrogens is 1. The minimum atomic E-state index is 0.565. The number of benzene rings is 1. The monoisotopic (exact) mass is 322 g/mol. The van der Waals surface area contributed by atoms with Crippen molar-refractivity contribution in [1.29, 1.82) is 0 Å². The highest BCUT2D eigenvalue weighted by atomic mass is 79.9. The van der Waals surface area contributed by atoms with E-state index in [1.165, 1.54) is 0 Å². The summed E-state index contributed by atoms with van der Waals surface area (Å²) in [4.78, 5) is 4.98. The van der Waals surface area contributed by atoms with E-state index in [1.54, 1.807) is 7.11 Å². The topological polar surface area (TPSA) is 34.2 Å². The molecule has 0 aliphatic carbocycles. The number of hydrogen-bond donors (Lipinski definition) is 1. The second kappa shape index (κ2) is 6.75. The Kier molecular flexibility index (Phi) is 5.02. The molecule has 0 bridgehead atoms. The highest BCUT2D eigenvalue weighted by molar-refractivity contribution is 9.09. The molecule has 0 spiro atoms. The molecule has 1 atom stereocenters. The lowest BCUT2D eigenvalue weighted by molar-refractivity contribution is 0.415. The van der Waals surface area contributed by atoms with Crippen molar-refractivity contribution in [2.24, 2.45) is 0 Å². The van der Waals surface area contributed by atoms with Crippen molar-refractivity contribution < 1.29 is 4.74 Å². The quantitative estimate of drug-likeness (QED) is 0.808. The number of fused-ring (bicyclic) bond motifs is 1. The number of nitrogens with one attached hydrogen (secondary N) is 1. The molecule has 102 valence electrons. The van der Waals surface area contributed by atoms with Gasteiger partial charge in [0.05, 0.1) is 7.11 Å². The van der Waals surface area contributed by atoms with E-state index < -0.39 is 0 Å². The van der Waals surface area contributed by atoms with E-state index in [4.69, 9.17) is 4.74 Å². The number of methoxy groups -OCH3 is 1. The number of halogens is 1. The number of rotatable bonds is 6. The average Bonchev–Trinajstić information content (AvgIpc) is 2.46. The molecule has 0 saturated heterocycles. The van der Waals surface area contributed by atoms with E-state index in [1.807, 2.05) is 24.4 Å². The predicted molar refractivity (Wildman–Crippen MR) is 84.4 cm³/mol.